The van der Waals surface area contributed by atoms with Crippen LogP contribution in [0.1, 0.15) is 213 Å². The molecule has 71 heavy (non-hydrogen) atoms. The maximum Gasteiger partial charge on any atom is 0.306 e. The molecule has 406 valence electrons. The van der Waals surface area contributed by atoms with Gasteiger partial charge < -0.3 is 27.9 Å². The molecule has 0 spiro atoms. The molecule has 0 saturated heterocycles. The molecule has 2 unspecified atom stereocenters. The van der Waals surface area contributed by atoms with Crippen LogP contribution in [0.2, 0.25) is 0 Å². The summed E-state index contributed by atoms with van der Waals surface area (Å²) in [6.07, 6.45) is 71.4. The molecule has 0 saturated carbocycles. The third kappa shape index (κ3) is 55.8. The minimum Gasteiger partial charge on any atom is -0.756 e. The van der Waals surface area contributed by atoms with Crippen LogP contribution in [0.25, 0.3) is 0 Å². The monoisotopic (exact) mass is 1010 g/mol. The molecule has 0 aromatic heterocycles. The van der Waals surface area contributed by atoms with E-state index < -0.39 is 32.5 Å². The SMILES string of the molecule is CC/C=C\C/C=C\C/C=C\C/C=C\C/C=C\C/C=C\C/C=C\C/C=C\C/C=C\CCCC(=O)OC(COC(=O)CCCCCCCCCCCCCCCCCCCC)COP(=O)([O-])OCC[N+](C)(C)C. The normalized spacial score (nSPS) is 14.2. The standard InChI is InChI=1S/C61H104NO8P/c1-6-8-10-12-14-16-18-20-22-24-26-27-28-29-30-31-32-33-34-35-36-38-40-42-44-46-48-50-52-54-61(64)70-59(58-69-71(65,66)68-56-55-62(3,4)5)57-67-60(63)53-51-49-47-45-43-41-39-37-25-23-21-19-17-15-13-11-9-7-2/h8,10,14,16,20,22,26-27,29-30,32-33,35-36,40,42,46,48,59H,6-7,9,11-13,15,17-19,21,23-25,28,31,34,37-39,41,43-45,47,49-58H2,1-5H3/b10-8-,16-14-,22-20-,27-26-,30-29-,33-32-,36-35-,42-40-,48-46-. The molecule has 9 nitrogen and oxygen atoms in total. The summed E-state index contributed by atoms with van der Waals surface area (Å²) in [5.41, 5.74) is 0. The Kier molecular flexibility index (Phi) is 49.1. The highest BCUT2D eigenvalue weighted by Crippen LogP contribution is 2.38. The fourth-order valence-electron chi connectivity index (χ4n) is 7.25. The maximum absolute atomic E-state index is 12.8. The number of quaternary nitrogens is 1. The van der Waals surface area contributed by atoms with Crippen LogP contribution < -0.4 is 4.89 Å². The Labute approximate surface area is 436 Å². The average molecular weight is 1010 g/mol. The summed E-state index contributed by atoms with van der Waals surface area (Å²) in [7, 11) is 1.12. The van der Waals surface area contributed by atoms with Crippen LogP contribution in [0.15, 0.2) is 109 Å². The minimum atomic E-state index is -4.66. The summed E-state index contributed by atoms with van der Waals surface area (Å²) in [6, 6.07) is 0. The van der Waals surface area contributed by atoms with Crippen molar-refractivity contribution in [1.29, 1.82) is 0 Å². The minimum absolute atomic E-state index is 0.0464. The Morgan fingerprint density at radius 3 is 1.18 bits per heavy atom. The second-order valence-electron chi connectivity index (χ2n) is 19.6. The molecule has 0 aromatic rings. The van der Waals surface area contributed by atoms with Crippen LogP contribution in [-0.4, -0.2) is 70.0 Å². The highest BCUT2D eigenvalue weighted by atomic mass is 31.2. The van der Waals surface area contributed by atoms with Crippen LogP contribution in [0.5, 0.6) is 0 Å². The number of phosphoric acid groups is 1. The van der Waals surface area contributed by atoms with Crippen LogP contribution >= 0.6 is 7.82 Å². The van der Waals surface area contributed by atoms with Gasteiger partial charge in [-0.15, -0.1) is 0 Å². The van der Waals surface area contributed by atoms with E-state index >= 15 is 0 Å². The quantitative estimate of drug-likeness (QED) is 0.0195. The molecule has 0 radical (unpaired) electrons. The van der Waals surface area contributed by atoms with Crippen molar-refractivity contribution in [3.63, 3.8) is 0 Å². The first kappa shape index (κ1) is 67.7. The van der Waals surface area contributed by atoms with Gasteiger partial charge in [-0.2, -0.15) is 0 Å². The van der Waals surface area contributed by atoms with Crippen LogP contribution in [0, 0.1) is 0 Å². The van der Waals surface area contributed by atoms with E-state index in [1.54, 1.807) is 0 Å². The molecule has 0 bridgehead atoms. The summed E-state index contributed by atoms with van der Waals surface area (Å²) < 4.78 is 34.0. The van der Waals surface area contributed by atoms with E-state index in [0.29, 0.717) is 23.9 Å². The van der Waals surface area contributed by atoms with Crippen molar-refractivity contribution in [2.75, 3.05) is 47.5 Å². The van der Waals surface area contributed by atoms with Gasteiger partial charge >= 0.3 is 11.9 Å². The fraction of sp³-hybridized carbons (Fsp3) is 0.672. The molecule has 0 heterocycles. The first-order chi connectivity index (χ1) is 34.5. The van der Waals surface area contributed by atoms with E-state index in [4.69, 9.17) is 18.5 Å². The molecule has 0 rings (SSSR count). The smallest absolute Gasteiger partial charge is 0.306 e. The van der Waals surface area contributed by atoms with Gasteiger partial charge in [-0.1, -0.05) is 232 Å². The van der Waals surface area contributed by atoms with Crippen LogP contribution in [0.3, 0.4) is 0 Å². The number of ether oxygens (including phenoxy) is 2. The first-order valence-electron chi connectivity index (χ1n) is 28.1. The van der Waals surface area contributed by atoms with E-state index in [2.05, 4.69) is 117 Å². The molecule has 0 N–H and O–H groups in total. The van der Waals surface area contributed by atoms with E-state index in [-0.39, 0.29) is 26.1 Å². The van der Waals surface area contributed by atoms with Crippen molar-refractivity contribution >= 4 is 19.8 Å². The van der Waals surface area contributed by atoms with Gasteiger partial charge in [0.15, 0.2) is 6.10 Å². The number of rotatable bonds is 50. The van der Waals surface area contributed by atoms with Crippen LogP contribution in [-0.2, 0) is 32.7 Å². The average Bonchev–Trinajstić information content (AvgIpc) is 3.33. The summed E-state index contributed by atoms with van der Waals surface area (Å²) in [4.78, 5) is 37.8. The zero-order valence-corrected chi connectivity index (χ0v) is 46.8. The predicted octanol–water partition coefficient (Wildman–Crippen LogP) is 16.8. The first-order valence-corrected chi connectivity index (χ1v) is 29.6. The summed E-state index contributed by atoms with van der Waals surface area (Å²) in [6.45, 7) is 4.06. The number of nitrogens with zero attached hydrogens (tertiary/aromatic N) is 1. The number of unbranched alkanes of at least 4 members (excludes halogenated alkanes) is 18. The van der Waals surface area contributed by atoms with Gasteiger partial charge in [0.1, 0.15) is 19.8 Å². The molecule has 0 aliphatic carbocycles. The van der Waals surface area contributed by atoms with Gasteiger partial charge in [-0.25, -0.2) is 0 Å². The predicted molar refractivity (Wildman–Crippen MR) is 300 cm³/mol. The molecule has 10 heteroatoms. The number of hydrogen-bond donors (Lipinski definition) is 0. The lowest BCUT2D eigenvalue weighted by Crippen LogP contribution is -2.37. The number of carbonyl (C=O) groups excluding carboxylic acids is 2. The summed E-state index contributed by atoms with van der Waals surface area (Å²) >= 11 is 0. The Hall–Kier alpha value is -3.33. The summed E-state index contributed by atoms with van der Waals surface area (Å²) in [5.74, 6) is -0.905. The van der Waals surface area contributed by atoms with Crippen molar-refractivity contribution in [3.05, 3.63) is 109 Å². The van der Waals surface area contributed by atoms with Crippen molar-refractivity contribution in [2.24, 2.45) is 0 Å². The third-order valence-corrected chi connectivity index (χ3v) is 12.5. The lowest BCUT2D eigenvalue weighted by molar-refractivity contribution is -0.870. The topological polar surface area (TPSA) is 111 Å². The zero-order valence-electron chi connectivity index (χ0n) is 45.9. The second-order valence-corrected chi connectivity index (χ2v) is 21.0. The Balaban J connectivity index is 4.34. The Morgan fingerprint density at radius 2 is 0.803 bits per heavy atom. The molecule has 0 amide bonds. The van der Waals surface area contributed by atoms with E-state index in [0.717, 1.165) is 77.0 Å². The van der Waals surface area contributed by atoms with E-state index in [1.807, 2.05) is 27.2 Å². The molecule has 0 aromatic carbocycles. The molecule has 0 aliphatic rings. The number of carbonyl (C=O) groups is 2. The van der Waals surface area contributed by atoms with Gasteiger partial charge in [-0.3, -0.25) is 14.2 Å². The van der Waals surface area contributed by atoms with Crippen LogP contribution in [0.4, 0.5) is 0 Å². The number of likely N-dealkylation sites (N-methyl/N-ethyl adjacent to an activating group) is 1. The maximum atomic E-state index is 12.8. The number of allylic oxidation sites excluding steroid dienone is 18. The van der Waals surface area contributed by atoms with Gasteiger partial charge in [-0.05, 0) is 77.0 Å². The van der Waals surface area contributed by atoms with E-state index in [9.17, 15) is 19.0 Å². The van der Waals surface area contributed by atoms with Gasteiger partial charge in [0, 0.05) is 12.8 Å². The van der Waals surface area contributed by atoms with Gasteiger partial charge in [0.05, 0.1) is 27.7 Å². The fourth-order valence-corrected chi connectivity index (χ4v) is 7.97. The van der Waals surface area contributed by atoms with Crippen molar-refractivity contribution < 1.29 is 42.1 Å². The molecule has 0 aliphatic heterocycles. The second kappa shape index (κ2) is 51.6. The number of esters is 2. The number of phosphoric ester groups is 1. The van der Waals surface area contributed by atoms with Gasteiger partial charge in [0.2, 0.25) is 0 Å². The molecule has 0 fully saturated rings. The zero-order chi connectivity index (χ0) is 52.0. The molecular formula is C61H104NO8P. The Bertz CT molecular complexity index is 1570. The lowest BCUT2D eigenvalue weighted by Gasteiger charge is -2.28. The highest BCUT2D eigenvalue weighted by molar-refractivity contribution is 7.45. The van der Waals surface area contributed by atoms with Crippen molar-refractivity contribution in [3.8, 4) is 0 Å². The highest BCUT2D eigenvalue weighted by Gasteiger charge is 2.21. The van der Waals surface area contributed by atoms with Crippen molar-refractivity contribution in [1.82, 2.24) is 0 Å². The number of hydrogen-bond acceptors (Lipinski definition) is 8. The van der Waals surface area contributed by atoms with Crippen molar-refractivity contribution in [2.45, 2.75) is 219 Å². The Morgan fingerprint density at radius 1 is 0.451 bits per heavy atom. The molecular weight excluding hydrogens is 906 g/mol. The summed E-state index contributed by atoms with van der Waals surface area (Å²) in [5, 5.41) is 0. The lowest BCUT2D eigenvalue weighted by atomic mass is 10.0. The largest absolute Gasteiger partial charge is 0.756 e. The molecule has 2 atom stereocenters. The van der Waals surface area contributed by atoms with Gasteiger partial charge in [0.25, 0.3) is 7.82 Å². The van der Waals surface area contributed by atoms with E-state index in [1.165, 1.54) is 96.3 Å². The third-order valence-electron chi connectivity index (χ3n) is 11.6.